The Bertz CT molecular complexity index is 354. The molecule has 0 saturated heterocycles. The maximum atomic E-state index is 5.29. The molecule has 0 aliphatic rings. The van der Waals surface area contributed by atoms with Crippen LogP contribution in [0, 0.1) is 12.3 Å². The van der Waals surface area contributed by atoms with E-state index in [-0.39, 0.29) is 11.5 Å². The van der Waals surface area contributed by atoms with Crippen LogP contribution in [-0.2, 0) is 12.0 Å². The molecule has 0 aliphatic heterocycles. The number of terminal acetylenes is 1. The zero-order valence-corrected chi connectivity index (χ0v) is 10.6. The molecule has 1 heterocycles. The van der Waals surface area contributed by atoms with Crippen molar-refractivity contribution in [1.29, 1.82) is 0 Å². The summed E-state index contributed by atoms with van der Waals surface area (Å²) < 4.78 is 0. The van der Waals surface area contributed by atoms with Crippen LogP contribution in [0.25, 0.3) is 0 Å². The van der Waals surface area contributed by atoms with E-state index in [1.165, 1.54) is 9.88 Å². The normalized spacial score (nSPS) is 13.5. The fraction of sp³-hybridized carbons (Fsp3) is 0.583. The highest BCUT2D eigenvalue weighted by molar-refractivity contribution is 7.11. The molecule has 0 fully saturated rings. The number of hydrogen-bond acceptors (Lipinski definition) is 3. The van der Waals surface area contributed by atoms with Crippen molar-refractivity contribution in [3.8, 4) is 12.3 Å². The molecule has 1 rings (SSSR count). The third-order valence-electron chi connectivity index (χ3n) is 2.03. The van der Waals surface area contributed by atoms with Crippen molar-refractivity contribution in [2.24, 2.45) is 0 Å². The van der Waals surface area contributed by atoms with Crippen molar-refractivity contribution in [1.82, 2.24) is 10.3 Å². The average Bonchev–Trinajstić information content (AvgIpc) is 2.61. The Labute approximate surface area is 96.1 Å². The SMILES string of the molecule is C#CC(C)NCc1cnc(C(C)(C)C)s1. The highest BCUT2D eigenvalue weighted by Gasteiger charge is 2.17. The summed E-state index contributed by atoms with van der Waals surface area (Å²) in [6.07, 6.45) is 7.22. The Balaban J connectivity index is 2.59. The van der Waals surface area contributed by atoms with Crippen LogP contribution in [0.3, 0.4) is 0 Å². The number of hydrogen-bond donors (Lipinski definition) is 1. The maximum Gasteiger partial charge on any atom is 0.0981 e. The summed E-state index contributed by atoms with van der Waals surface area (Å²) in [6, 6.07) is 0.116. The molecule has 0 aliphatic carbocycles. The van der Waals surface area contributed by atoms with Crippen LogP contribution in [0.2, 0.25) is 0 Å². The smallest absolute Gasteiger partial charge is 0.0981 e. The molecule has 15 heavy (non-hydrogen) atoms. The lowest BCUT2D eigenvalue weighted by Gasteiger charge is -2.13. The summed E-state index contributed by atoms with van der Waals surface area (Å²) >= 11 is 1.75. The van der Waals surface area contributed by atoms with E-state index in [9.17, 15) is 0 Å². The third-order valence-corrected chi connectivity index (χ3v) is 3.45. The molecule has 1 N–H and O–H groups in total. The Morgan fingerprint density at radius 2 is 2.27 bits per heavy atom. The van der Waals surface area contributed by atoms with E-state index in [1.54, 1.807) is 11.3 Å². The van der Waals surface area contributed by atoms with E-state index in [1.807, 2.05) is 13.1 Å². The van der Waals surface area contributed by atoms with Crippen LogP contribution in [0.4, 0.5) is 0 Å². The molecule has 1 aromatic rings. The van der Waals surface area contributed by atoms with Crippen molar-refractivity contribution in [3.05, 3.63) is 16.1 Å². The van der Waals surface area contributed by atoms with Gasteiger partial charge >= 0.3 is 0 Å². The van der Waals surface area contributed by atoms with E-state index >= 15 is 0 Å². The van der Waals surface area contributed by atoms with Crippen molar-refractivity contribution in [2.45, 2.75) is 45.7 Å². The van der Waals surface area contributed by atoms with Crippen LogP contribution in [0.15, 0.2) is 6.20 Å². The first-order valence-electron chi connectivity index (χ1n) is 5.08. The van der Waals surface area contributed by atoms with Gasteiger partial charge in [0.1, 0.15) is 0 Å². The lowest BCUT2D eigenvalue weighted by atomic mass is 9.98. The zero-order chi connectivity index (χ0) is 11.5. The predicted octanol–water partition coefficient (Wildman–Crippen LogP) is 2.55. The highest BCUT2D eigenvalue weighted by Crippen LogP contribution is 2.26. The van der Waals surface area contributed by atoms with Crippen LogP contribution in [0.5, 0.6) is 0 Å². The maximum absolute atomic E-state index is 5.29. The van der Waals surface area contributed by atoms with Crippen molar-refractivity contribution < 1.29 is 0 Å². The quantitative estimate of drug-likeness (QED) is 0.795. The molecule has 0 amide bonds. The molecule has 1 aromatic heterocycles. The average molecular weight is 222 g/mol. The van der Waals surface area contributed by atoms with E-state index in [0.717, 1.165) is 6.54 Å². The first-order chi connectivity index (χ1) is 6.93. The highest BCUT2D eigenvalue weighted by atomic mass is 32.1. The lowest BCUT2D eigenvalue weighted by molar-refractivity contribution is 0.585. The molecular formula is C12H18N2S. The largest absolute Gasteiger partial charge is 0.299 e. The van der Waals surface area contributed by atoms with E-state index < -0.39 is 0 Å². The Kier molecular flexibility index (Phi) is 3.90. The van der Waals surface area contributed by atoms with Crippen molar-refractivity contribution in [3.63, 3.8) is 0 Å². The van der Waals surface area contributed by atoms with Crippen LogP contribution in [0.1, 0.15) is 37.6 Å². The van der Waals surface area contributed by atoms with Gasteiger partial charge in [0.05, 0.1) is 11.0 Å². The van der Waals surface area contributed by atoms with Gasteiger partial charge in [0.15, 0.2) is 0 Å². The molecule has 3 heteroatoms. The molecule has 0 radical (unpaired) electrons. The summed E-state index contributed by atoms with van der Waals surface area (Å²) in [4.78, 5) is 5.66. The molecule has 1 atom stereocenters. The van der Waals surface area contributed by atoms with Crippen molar-refractivity contribution in [2.75, 3.05) is 0 Å². The van der Waals surface area contributed by atoms with Gasteiger partial charge in [-0.25, -0.2) is 4.98 Å². The molecule has 0 saturated carbocycles. The van der Waals surface area contributed by atoms with Gasteiger partial charge in [0.25, 0.3) is 0 Å². The summed E-state index contributed by atoms with van der Waals surface area (Å²) in [6.45, 7) is 9.30. The number of thiazole rings is 1. The Morgan fingerprint density at radius 1 is 1.60 bits per heavy atom. The summed E-state index contributed by atoms with van der Waals surface area (Å²) in [5.74, 6) is 2.65. The van der Waals surface area contributed by atoms with Gasteiger partial charge in [-0.1, -0.05) is 26.7 Å². The van der Waals surface area contributed by atoms with Gasteiger partial charge in [-0.15, -0.1) is 17.8 Å². The topological polar surface area (TPSA) is 24.9 Å². The fourth-order valence-electron chi connectivity index (χ4n) is 1.05. The van der Waals surface area contributed by atoms with Gasteiger partial charge in [-0.05, 0) is 6.92 Å². The summed E-state index contributed by atoms with van der Waals surface area (Å²) in [5.41, 5.74) is 0.140. The van der Waals surface area contributed by atoms with E-state index in [2.05, 4.69) is 37.0 Å². The second-order valence-electron chi connectivity index (χ2n) is 4.65. The second-order valence-corrected chi connectivity index (χ2v) is 5.77. The van der Waals surface area contributed by atoms with Gasteiger partial charge in [-0.3, -0.25) is 5.32 Å². The molecule has 0 bridgehead atoms. The summed E-state index contributed by atoms with van der Waals surface area (Å²) in [7, 11) is 0. The molecular weight excluding hydrogens is 204 g/mol. The molecule has 82 valence electrons. The van der Waals surface area contributed by atoms with Gasteiger partial charge in [-0.2, -0.15) is 0 Å². The minimum absolute atomic E-state index is 0.116. The molecule has 0 spiro atoms. The fourth-order valence-corrected chi connectivity index (χ4v) is 1.97. The Hall–Kier alpha value is -0.850. The van der Waals surface area contributed by atoms with Crippen LogP contribution >= 0.6 is 11.3 Å². The van der Waals surface area contributed by atoms with E-state index in [0.29, 0.717) is 0 Å². The number of nitrogens with zero attached hydrogens (tertiary/aromatic N) is 1. The number of rotatable bonds is 3. The molecule has 1 unspecified atom stereocenters. The zero-order valence-electron chi connectivity index (χ0n) is 9.79. The van der Waals surface area contributed by atoms with Gasteiger partial charge in [0, 0.05) is 23.0 Å². The monoisotopic (exact) mass is 222 g/mol. The van der Waals surface area contributed by atoms with Crippen LogP contribution < -0.4 is 5.32 Å². The number of aromatic nitrogens is 1. The minimum atomic E-state index is 0.116. The second kappa shape index (κ2) is 4.78. The number of nitrogens with one attached hydrogen (secondary N) is 1. The minimum Gasteiger partial charge on any atom is -0.299 e. The Morgan fingerprint density at radius 3 is 2.73 bits per heavy atom. The molecule has 0 aromatic carbocycles. The first kappa shape index (κ1) is 12.2. The summed E-state index contributed by atoms with van der Waals surface area (Å²) in [5, 5.41) is 4.42. The molecule has 2 nitrogen and oxygen atoms in total. The van der Waals surface area contributed by atoms with E-state index in [4.69, 9.17) is 6.42 Å². The predicted molar refractivity (Wildman–Crippen MR) is 65.9 cm³/mol. The lowest BCUT2D eigenvalue weighted by Crippen LogP contribution is -2.22. The third kappa shape index (κ3) is 3.65. The van der Waals surface area contributed by atoms with Gasteiger partial charge < -0.3 is 0 Å². The van der Waals surface area contributed by atoms with Gasteiger partial charge in [0.2, 0.25) is 0 Å². The van der Waals surface area contributed by atoms with Crippen molar-refractivity contribution >= 4 is 11.3 Å². The standard InChI is InChI=1S/C12H18N2S/c1-6-9(2)13-7-10-8-14-11(15-10)12(3,4)5/h1,8-9,13H,7H2,2-5H3. The van der Waals surface area contributed by atoms with Crippen LogP contribution in [-0.4, -0.2) is 11.0 Å². The first-order valence-corrected chi connectivity index (χ1v) is 5.90.